The molecule has 1 aromatic carbocycles. The molecule has 1 heterocycles. The molecule has 0 atom stereocenters. The van der Waals surface area contributed by atoms with Crippen molar-refractivity contribution in [3.05, 3.63) is 40.3 Å². The van der Waals surface area contributed by atoms with E-state index in [0.717, 1.165) is 6.07 Å². The number of carboxylic acid groups (broad SMARTS) is 1. The SMILES string of the molecule is Cc1cc(F)c(-c2cc(C(=O)O)no2)cc1Cl. The Morgan fingerprint density at radius 1 is 1.47 bits per heavy atom. The number of aromatic carboxylic acids is 1. The molecule has 0 fully saturated rings. The number of aromatic nitrogens is 1. The summed E-state index contributed by atoms with van der Waals surface area (Å²) in [7, 11) is 0. The van der Waals surface area contributed by atoms with E-state index in [1.807, 2.05) is 0 Å². The number of benzene rings is 1. The normalized spacial score (nSPS) is 10.5. The van der Waals surface area contributed by atoms with E-state index in [2.05, 4.69) is 5.16 Å². The van der Waals surface area contributed by atoms with E-state index in [-0.39, 0.29) is 17.0 Å². The molecule has 0 spiro atoms. The molecule has 17 heavy (non-hydrogen) atoms. The number of rotatable bonds is 2. The topological polar surface area (TPSA) is 63.3 Å². The maximum atomic E-state index is 13.6. The van der Waals surface area contributed by atoms with Crippen LogP contribution in [0.15, 0.2) is 22.7 Å². The van der Waals surface area contributed by atoms with Gasteiger partial charge >= 0.3 is 5.97 Å². The minimum Gasteiger partial charge on any atom is -0.476 e. The predicted molar refractivity (Wildman–Crippen MR) is 58.6 cm³/mol. The molecule has 0 aliphatic carbocycles. The molecule has 0 saturated carbocycles. The van der Waals surface area contributed by atoms with Crippen molar-refractivity contribution in [1.82, 2.24) is 5.16 Å². The van der Waals surface area contributed by atoms with Gasteiger partial charge in [-0.3, -0.25) is 0 Å². The van der Waals surface area contributed by atoms with Crippen molar-refractivity contribution in [1.29, 1.82) is 0 Å². The molecule has 6 heteroatoms. The van der Waals surface area contributed by atoms with Crippen molar-refractivity contribution >= 4 is 17.6 Å². The van der Waals surface area contributed by atoms with E-state index in [1.165, 1.54) is 12.1 Å². The highest BCUT2D eigenvalue weighted by molar-refractivity contribution is 6.31. The van der Waals surface area contributed by atoms with Crippen molar-refractivity contribution in [3.8, 4) is 11.3 Å². The lowest BCUT2D eigenvalue weighted by molar-refractivity contribution is 0.0686. The van der Waals surface area contributed by atoms with Crippen LogP contribution in [-0.4, -0.2) is 16.2 Å². The second-order valence-electron chi connectivity index (χ2n) is 3.46. The van der Waals surface area contributed by atoms with Crippen LogP contribution >= 0.6 is 11.6 Å². The maximum absolute atomic E-state index is 13.6. The van der Waals surface area contributed by atoms with Gasteiger partial charge in [-0.2, -0.15) is 0 Å². The molecule has 1 N–H and O–H groups in total. The van der Waals surface area contributed by atoms with Crippen molar-refractivity contribution in [2.45, 2.75) is 6.92 Å². The van der Waals surface area contributed by atoms with Crippen molar-refractivity contribution in [2.24, 2.45) is 0 Å². The lowest BCUT2D eigenvalue weighted by Gasteiger charge is -2.02. The zero-order chi connectivity index (χ0) is 12.6. The standard InChI is InChI=1S/C11H7ClFNO3/c1-5-2-8(13)6(3-7(5)12)10-4-9(11(15)16)14-17-10/h2-4H,1H3,(H,15,16). The number of nitrogens with zero attached hydrogens (tertiary/aromatic N) is 1. The molecule has 0 aliphatic rings. The molecule has 2 rings (SSSR count). The fourth-order valence-corrected chi connectivity index (χ4v) is 1.50. The third-order valence-electron chi connectivity index (χ3n) is 2.24. The van der Waals surface area contributed by atoms with Gasteiger partial charge in [0.1, 0.15) is 5.82 Å². The van der Waals surface area contributed by atoms with E-state index >= 15 is 0 Å². The molecule has 1 aromatic heterocycles. The second kappa shape index (κ2) is 4.18. The Balaban J connectivity index is 2.52. The Morgan fingerprint density at radius 3 is 2.76 bits per heavy atom. The summed E-state index contributed by atoms with van der Waals surface area (Å²) >= 11 is 5.86. The molecule has 2 aromatic rings. The van der Waals surface area contributed by atoms with Gasteiger partial charge in [0, 0.05) is 11.1 Å². The molecular formula is C11H7ClFNO3. The molecular weight excluding hydrogens is 249 g/mol. The summed E-state index contributed by atoms with van der Waals surface area (Å²) < 4.78 is 18.4. The number of halogens is 2. The quantitative estimate of drug-likeness (QED) is 0.895. The summed E-state index contributed by atoms with van der Waals surface area (Å²) in [4.78, 5) is 10.6. The lowest BCUT2D eigenvalue weighted by Crippen LogP contribution is -1.94. The van der Waals surface area contributed by atoms with Crippen LogP contribution < -0.4 is 0 Å². The van der Waals surface area contributed by atoms with Crippen LogP contribution in [0.3, 0.4) is 0 Å². The van der Waals surface area contributed by atoms with Crippen LogP contribution in [0.5, 0.6) is 0 Å². The van der Waals surface area contributed by atoms with Gasteiger partial charge in [0.25, 0.3) is 0 Å². The molecule has 4 nitrogen and oxygen atoms in total. The van der Waals surface area contributed by atoms with Crippen LogP contribution in [0, 0.1) is 12.7 Å². The first kappa shape index (κ1) is 11.6. The molecule has 0 saturated heterocycles. The maximum Gasteiger partial charge on any atom is 0.358 e. The molecule has 0 bridgehead atoms. The summed E-state index contributed by atoms with van der Waals surface area (Å²) in [5.41, 5.74) is 0.391. The minimum absolute atomic E-state index is 0.0294. The van der Waals surface area contributed by atoms with Crippen LogP contribution in [0.25, 0.3) is 11.3 Å². The van der Waals surface area contributed by atoms with Gasteiger partial charge in [-0.15, -0.1) is 0 Å². The summed E-state index contributed by atoms with van der Waals surface area (Å²) in [5, 5.41) is 12.3. The number of aryl methyl sites for hydroxylation is 1. The Bertz CT molecular complexity index is 594. The predicted octanol–water partition coefficient (Wildman–Crippen LogP) is 3.14. The van der Waals surface area contributed by atoms with Crippen molar-refractivity contribution in [3.63, 3.8) is 0 Å². The van der Waals surface area contributed by atoms with Crippen LogP contribution in [-0.2, 0) is 0 Å². The second-order valence-corrected chi connectivity index (χ2v) is 3.87. The van der Waals surface area contributed by atoms with Gasteiger partial charge < -0.3 is 9.63 Å². The van der Waals surface area contributed by atoms with Gasteiger partial charge in [0.2, 0.25) is 0 Å². The highest BCUT2D eigenvalue weighted by atomic mass is 35.5. The van der Waals surface area contributed by atoms with E-state index in [1.54, 1.807) is 6.92 Å². The average molecular weight is 256 g/mol. The largest absolute Gasteiger partial charge is 0.476 e. The minimum atomic E-state index is -1.24. The fraction of sp³-hybridized carbons (Fsp3) is 0.0909. The average Bonchev–Trinajstić information content (AvgIpc) is 2.72. The Hall–Kier alpha value is -1.88. The number of hydrogen-bond donors (Lipinski definition) is 1. The zero-order valence-corrected chi connectivity index (χ0v) is 9.45. The summed E-state index contributed by atoms with van der Waals surface area (Å²) in [6.07, 6.45) is 0. The van der Waals surface area contributed by atoms with Crippen LogP contribution in [0.2, 0.25) is 5.02 Å². The summed E-state index contributed by atoms with van der Waals surface area (Å²) in [6.45, 7) is 1.66. The summed E-state index contributed by atoms with van der Waals surface area (Å²) in [5.74, 6) is -1.75. The highest BCUT2D eigenvalue weighted by Crippen LogP contribution is 2.28. The summed E-state index contributed by atoms with van der Waals surface area (Å²) in [6, 6.07) is 3.77. The Kier molecular flexibility index (Phi) is 2.85. The molecule has 0 aliphatic heterocycles. The molecule has 0 radical (unpaired) electrons. The number of carbonyl (C=O) groups is 1. The van der Waals surface area contributed by atoms with Crippen molar-refractivity contribution < 1.29 is 18.8 Å². The molecule has 88 valence electrons. The first-order valence-electron chi connectivity index (χ1n) is 4.65. The smallest absolute Gasteiger partial charge is 0.358 e. The highest BCUT2D eigenvalue weighted by Gasteiger charge is 2.16. The van der Waals surface area contributed by atoms with E-state index in [4.69, 9.17) is 21.2 Å². The zero-order valence-electron chi connectivity index (χ0n) is 8.70. The van der Waals surface area contributed by atoms with Gasteiger partial charge in [-0.1, -0.05) is 16.8 Å². The molecule has 0 amide bonds. The fourth-order valence-electron chi connectivity index (χ4n) is 1.34. The van der Waals surface area contributed by atoms with E-state index in [9.17, 15) is 9.18 Å². The van der Waals surface area contributed by atoms with Crippen LogP contribution in [0.4, 0.5) is 4.39 Å². The van der Waals surface area contributed by atoms with Gasteiger partial charge in [-0.25, -0.2) is 9.18 Å². The lowest BCUT2D eigenvalue weighted by atomic mass is 10.1. The van der Waals surface area contributed by atoms with E-state index < -0.39 is 11.8 Å². The van der Waals surface area contributed by atoms with Gasteiger partial charge in [0.15, 0.2) is 11.5 Å². The first-order chi connectivity index (χ1) is 7.99. The van der Waals surface area contributed by atoms with Gasteiger partial charge in [0.05, 0.1) is 5.56 Å². The monoisotopic (exact) mass is 255 g/mol. The molecule has 0 unspecified atom stereocenters. The number of carboxylic acids is 1. The third kappa shape index (κ3) is 2.14. The van der Waals surface area contributed by atoms with Crippen molar-refractivity contribution in [2.75, 3.05) is 0 Å². The Morgan fingerprint density at radius 2 is 2.18 bits per heavy atom. The van der Waals surface area contributed by atoms with Crippen LogP contribution in [0.1, 0.15) is 16.1 Å². The van der Waals surface area contributed by atoms with Gasteiger partial charge in [-0.05, 0) is 24.6 Å². The Labute approximate surface area is 101 Å². The number of hydrogen-bond acceptors (Lipinski definition) is 3. The van der Waals surface area contributed by atoms with E-state index in [0.29, 0.717) is 10.6 Å². The first-order valence-corrected chi connectivity index (χ1v) is 5.03. The third-order valence-corrected chi connectivity index (χ3v) is 2.65.